The summed E-state index contributed by atoms with van der Waals surface area (Å²) in [5.41, 5.74) is 3.06. The molecule has 0 amide bonds. The molecule has 5 heteroatoms. The van der Waals surface area contributed by atoms with Gasteiger partial charge in [0.1, 0.15) is 17.7 Å². The van der Waals surface area contributed by atoms with E-state index < -0.39 is 11.6 Å². The molecule has 0 bridgehead atoms. The summed E-state index contributed by atoms with van der Waals surface area (Å²) in [7, 11) is 0. The summed E-state index contributed by atoms with van der Waals surface area (Å²) in [4.78, 5) is 0. The SMILES string of the molecule is N#Cc1cc(F)c(C=NNc2ccccc2)cc1F. The van der Waals surface area contributed by atoms with Crippen molar-refractivity contribution in [3.8, 4) is 6.07 Å². The van der Waals surface area contributed by atoms with Crippen molar-refractivity contribution in [2.75, 3.05) is 5.43 Å². The number of anilines is 1. The van der Waals surface area contributed by atoms with Crippen molar-refractivity contribution in [3.05, 3.63) is 65.2 Å². The number of hydrogen-bond acceptors (Lipinski definition) is 3. The molecule has 0 aliphatic rings. The highest BCUT2D eigenvalue weighted by Gasteiger charge is 2.07. The maximum atomic E-state index is 13.5. The first kappa shape index (κ1) is 12.7. The number of nitrogens with zero attached hydrogens (tertiary/aromatic N) is 2. The summed E-state index contributed by atoms with van der Waals surface area (Å²) in [6.07, 6.45) is 1.16. The molecule has 0 saturated carbocycles. The van der Waals surface area contributed by atoms with E-state index in [2.05, 4.69) is 10.5 Å². The Kier molecular flexibility index (Phi) is 3.84. The molecule has 2 rings (SSSR count). The van der Waals surface area contributed by atoms with Gasteiger partial charge in [-0.05, 0) is 24.3 Å². The molecule has 0 heterocycles. The Morgan fingerprint density at radius 3 is 2.53 bits per heavy atom. The van der Waals surface area contributed by atoms with E-state index in [1.165, 1.54) is 0 Å². The van der Waals surface area contributed by atoms with Crippen LogP contribution in [-0.2, 0) is 0 Å². The predicted octanol–water partition coefficient (Wildman–Crippen LogP) is 3.28. The second-order valence-corrected chi connectivity index (χ2v) is 3.70. The number of benzene rings is 2. The fourth-order valence-corrected chi connectivity index (χ4v) is 1.44. The van der Waals surface area contributed by atoms with Gasteiger partial charge in [-0.25, -0.2) is 8.78 Å². The minimum absolute atomic E-state index is 0.0278. The van der Waals surface area contributed by atoms with E-state index >= 15 is 0 Å². The lowest BCUT2D eigenvalue weighted by molar-refractivity contribution is 0.595. The number of hydrogen-bond donors (Lipinski definition) is 1. The molecule has 2 aromatic carbocycles. The van der Waals surface area contributed by atoms with E-state index in [1.54, 1.807) is 18.2 Å². The molecule has 0 saturated heterocycles. The largest absolute Gasteiger partial charge is 0.279 e. The van der Waals surface area contributed by atoms with Crippen molar-refractivity contribution in [1.29, 1.82) is 5.26 Å². The zero-order valence-corrected chi connectivity index (χ0v) is 9.77. The van der Waals surface area contributed by atoms with Gasteiger partial charge in [-0.2, -0.15) is 10.4 Å². The molecule has 0 unspecified atom stereocenters. The predicted molar refractivity (Wildman–Crippen MR) is 68.7 cm³/mol. The molecule has 0 fully saturated rings. The Hall–Kier alpha value is -2.74. The van der Waals surface area contributed by atoms with E-state index in [4.69, 9.17) is 5.26 Å². The number of hydrazone groups is 1. The van der Waals surface area contributed by atoms with Gasteiger partial charge < -0.3 is 0 Å². The highest BCUT2D eigenvalue weighted by molar-refractivity contribution is 5.80. The van der Waals surface area contributed by atoms with Gasteiger partial charge in [-0.1, -0.05) is 18.2 Å². The molecule has 0 radical (unpaired) electrons. The van der Waals surface area contributed by atoms with Crippen molar-refractivity contribution in [2.45, 2.75) is 0 Å². The van der Waals surface area contributed by atoms with Crippen molar-refractivity contribution < 1.29 is 8.78 Å². The van der Waals surface area contributed by atoms with Crippen LogP contribution in [0.2, 0.25) is 0 Å². The highest BCUT2D eigenvalue weighted by atomic mass is 19.1. The number of para-hydroxylation sites is 1. The highest BCUT2D eigenvalue weighted by Crippen LogP contribution is 2.13. The van der Waals surface area contributed by atoms with Crippen LogP contribution in [0.15, 0.2) is 47.6 Å². The van der Waals surface area contributed by atoms with Gasteiger partial charge in [0.15, 0.2) is 0 Å². The average Bonchev–Trinajstić information content (AvgIpc) is 2.43. The summed E-state index contributed by atoms with van der Waals surface area (Å²) < 4.78 is 26.8. The maximum Gasteiger partial charge on any atom is 0.141 e. The summed E-state index contributed by atoms with van der Waals surface area (Å²) in [6, 6.07) is 12.4. The molecule has 94 valence electrons. The molecular formula is C14H9F2N3. The molecule has 3 nitrogen and oxygen atoms in total. The second kappa shape index (κ2) is 5.74. The first-order chi connectivity index (χ1) is 9.20. The summed E-state index contributed by atoms with van der Waals surface area (Å²) >= 11 is 0. The van der Waals surface area contributed by atoms with Crippen LogP contribution in [0.1, 0.15) is 11.1 Å². The van der Waals surface area contributed by atoms with Crippen LogP contribution in [-0.4, -0.2) is 6.21 Å². The van der Waals surface area contributed by atoms with Crippen molar-refractivity contribution in [2.24, 2.45) is 5.10 Å². The lowest BCUT2D eigenvalue weighted by Gasteiger charge is -2.00. The van der Waals surface area contributed by atoms with Crippen LogP contribution in [0.4, 0.5) is 14.5 Å². The summed E-state index contributed by atoms with van der Waals surface area (Å²) in [6.45, 7) is 0. The van der Waals surface area contributed by atoms with Gasteiger partial charge in [-0.3, -0.25) is 5.43 Å². The zero-order chi connectivity index (χ0) is 13.7. The molecule has 19 heavy (non-hydrogen) atoms. The quantitative estimate of drug-likeness (QED) is 0.677. The molecule has 0 atom stereocenters. The van der Waals surface area contributed by atoms with Crippen LogP contribution < -0.4 is 5.43 Å². The van der Waals surface area contributed by atoms with Crippen LogP contribution in [0.25, 0.3) is 0 Å². The Morgan fingerprint density at radius 1 is 1.11 bits per heavy atom. The number of halogens is 2. The third-order valence-corrected chi connectivity index (χ3v) is 2.38. The summed E-state index contributed by atoms with van der Waals surface area (Å²) in [5.74, 6) is -1.47. The Balaban J connectivity index is 2.16. The van der Waals surface area contributed by atoms with E-state index in [0.29, 0.717) is 0 Å². The van der Waals surface area contributed by atoms with Gasteiger partial charge in [0, 0.05) is 5.56 Å². The van der Waals surface area contributed by atoms with Crippen molar-refractivity contribution in [3.63, 3.8) is 0 Å². The van der Waals surface area contributed by atoms with Gasteiger partial charge in [-0.15, -0.1) is 0 Å². The first-order valence-electron chi connectivity index (χ1n) is 5.44. The Morgan fingerprint density at radius 2 is 1.84 bits per heavy atom. The Labute approximate surface area is 108 Å². The number of rotatable bonds is 3. The molecule has 0 spiro atoms. The van der Waals surface area contributed by atoms with Crippen LogP contribution in [0, 0.1) is 23.0 Å². The van der Waals surface area contributed by atoms with Crippen LogP contribution >= 0.6 is 0 Å². The van der Waals surface area contributed by atoms with Crippen LogP contribution in [0.5, 0.6) is 0 Å². The zero-order valence-electron chi connectivity index (χ0n) is 9.77. The van der Waals surface area contributed by atoms with E-state index in [9.17, 15) is 8.78 Å². The molecule has 2 aromatic rings. The minimum Gasteiger partial charge on any atom is -0.279 e. The molecular weight excluding hydrogens is 248 g/mol. The molecule has 0 aliphatic carbocycles. The first-order valence-corrected chi connectivity index (χ1v) is 5.44. The van der Waals surface area contributed by atoms with Crippen molar-refractivity contribution in [1.82, 2.24) is 0 Å². The van der Waals surface area contributed by atoms with Gasteiger partial charge in [0.2, 0.25) is 0 Å². The smallest absolute Gasteiger partial charge is 0.141 e. The van der Waals surface area contributed by atoms with Gasteiger partial charge in [0.25, 0.3) is 0 Å². The summed E-state index contributed by atoms with van der Waals surface area (Å²) in [5, 5.41) is 12.4. The van der Waals surface area contributed by atoms with Gasteiger partial charge >= 0.3 is 0 Å². The maximum absolute atomic E-state index is 13.5. The monoisotopic (exact) mass is 257 g/mol. The standard InChI is InChI=1S/C14H9F2N3/c15-13-7-11(14(16)6-10(13)8-17)9-18-19-12-4-2-1-3-5-12/h1-7,9,19H. The minimum atomic E-state index is -0.773. The Bertz CT molecular complexity index is 646. The number of nitriles is 1. The normalized spacial score (nSPS) is 10.4. The van der Waals surface area contributed by atoms with Gasteiger partial charge in [0.05, 0.1) is 17.5 Å². The molecule has 0 aliphatic heterocycles. The average molecular weight is 257 g/mol. The number of nitrogens with one attached hydrogen (secondary N) is 1. The van der Waals surface area contributed by atoms with E-state index in [0.717, 1.165) is 24.0 Å². The van der Waals surface area contributed by atoms with E-state index in [-0.39, 0.29) is 11.1 Å². The third kappa shape index (κ3) is 3.13. The van der Waals surface area contributed by atoms with Crippen molar-refractivity contribution >= 4 is 11.9 Å². The lowest BCUT2D eigenvalue weighted by Crippen LogP contribution is -1.96. The molecule has 0 aromatic heterocycles. The third-order valence-electron chi connectivity index (χ3n) is 2.38. The second-order valence-electron chi connectivity index (χ2n) is 3.70. The topological polar surface area (TPSA) is 48.2 Å². The van der Waals surface area contributed by atoms with Crippen LogP contribution in [0.3, 0.4) is 0 Å². The fourth-order valence-electron chi connectivity index (χ4n) is 1.44. The lowest BCUT2D eigenvalue weighted by atomic mass is 10.1. The molecule has 1 N–H and O–H groups in total. The van der Waals surface area contributed by atoms with E-state index in [1.807, 2.05) is 18.2 Å². The fraction of sp³-hybridized carbons (Fsp3) is 0.